The van der Waals surface area contributed by atoms with Crippen LogP contribution in [0.25, 0.3) is 0 Å². The first-order chi connectivity index (χ1) is 12.3. The molecule has 1 aliphatic heterocycles. The molecule has 0 aromatic rings. The number of sulfonamides is 1. The normalized spacial score (nSPS) is 26.2. The second kappa shape index (κ2) is 9.66. The minimum atomic E-state index is -3.72. The standard InChI is InChI=1S/C17H30N2O6S/c1-12-2-4-14(5-3-12)19-26(23,24)11-16(20)18-10-15(17(21)22)13-6-8-25-9-7-13/h12-15,19H,2-11H2,1H3,(H,18,20)(H,21,22). The molecule has 2 aliphatic rings. The Morgan fingerprint density at radius 3 is 2.31 bits per heavy atom. The van der Waals surface area contributed by atoms with Gasteiger partial charge in [0.05, 0.1) is 5.92 Å². The molecular formula is C17H30N2O6S. The minimum Gasteiger partial charge on any atom is -0.481 e. The first-order valence-electron chi connectivity index (χ1n) is 9.34. The van der Waals surface area contributed by atoms with Crippen LogP contribution in [0.2, 0.25) is 0 Å². The minimum absolute atomic E-state index is 0.0602. The zero-order chi connectivity index (χ0) is 19.2. The largest absolute Gasteiger partial charge is 0.481 e. The van der Waals surface area contributed by atoms with Gasteiger partial charge in [0.15, 0.2) is 0 Å². The Labute approximate surface area is 155 Å². The molecule has 2 rings (SSSR count). The fraction of sp³-hybridized carbons (Fsp3) is 0.882. The molecule has 1 saturated heterocycles. The number of rotatable bonds is 8. The maximum absolute atomic E-state index is 12.2. The van der Waals surface area contributed by atoms with Crippen LogP contribution in [0.15, 0.2) is 0 Å². The molecule has 1 heterocycles. The lowest BCUT2D eigenvalue weighted by Crippen LogP contribution is -2.44. The van der Waals surface area contributed by atoms with Crippen molar-refractivity contribution in [3.05, 3.63) is 0 Å². The van der Waals surface area contributed by atoms with Crippen LogP contribution in [-0.4, -0.2) is 57.0 Å². The number of nitrogens with one attached hydrogen (secondary N) is 2. The molecule has 2 fully saturated rings. The Hall–Kier alpha value is -1.19. The highest BCUT2D eigenvalue weighted by atomic mass is 32.2. The van der Waals surface area contributed by atoms with Crippen LogP contribution in [0.1, 0.15) is 45.4 Å². The van der Waals surface area contributed by atoms with Gasteiger partial charge in [0.1, 0.15) is 5.75 Å². The number of aliphatic carboxylic acids is 1. The van der Waals surface area contributed by atoms with E-state index >= 15 is 0 Å². The van der Waals surface area contributed by atoms with Gasteiger partial charge in [0.2, 0.25) is 15.9 Å². The highest BCUT2D eigenvalue weighted by Gasteiger charge is 2.31. The third-order valence-corrected chi connectivity index (χ3v) is 6.69. The maximum Gasteiger partial charge on any atom is 0.308 e. The third-order valence-electron chi connectivity index (χ3n) is 5.35. The average Bonchev–Trinajstić information content (AvgIpc) is 2.57. The Morgan fingerprint density at radius 1 is 1.12 bits per heavy atom. The van der Waals surface area contributed by atoms with Crippen LogP contribution in [0, 0.1) is 17.8 Å². The Kier molecular flexibility index (Phi) is 7.85. The molecule has 1 unspecified atom stereocenters. The van der Waals surface area contributed by atoms with Gasteiger partial charge in [-0.3, -0.25) is 9.59 Å². The lowest BCUT2D eigenvalue weighted by atomic mass is 9.86. The molecule has 0 spiro atoms. The molecule has 1 saturated carbocycles. The van der Waals surface area contributed by atoms with Gasteiger partial charge in [-0.1, -0.05) is 6.92 Å². The molecule has 0 aromatic carbocycles. The first-order valence-corrected chi connectivity index (χ1v) is 11.0. The molecule has 8 nitrogen and oxygen atoms in total. The van der Waals surface area contributed by atoms with Crippen LogP contribution >= 0.6 is 0 Å². The van der Waals surface area contributed by atoms with Crippen molar-refractivity contribution in [1.82, 2.24) is 10.0 Å². The maximum atomic E-state index is 12.2. The lowest BCUT2D eigenvalue weighted by molar-refractivity contribution is -0.144. The van der Waals surface area contributed by atoms with Gasteiger partial charge in [-0.25, -0.2) is 13.1 Å². The number of ether oxygens (including phenoxy) is 1. The number of carbonyl (C=O) groups excluding carboxylic acids is 1. The predicted octanol–water partition coefficient (Wildman–Crippen LogP) is 0.728. The number of carboxylic acids is 1. The van der Waals surface area contributed by atoms with Gasteiger partial charge in [0, 0.05) is 25.8 Å². The molecule has 150 valence electrons. The van der Waals surface area contributed by atoms with E-state index in [0.717, 1.165) is 25.7 Å². The van der Waals surface area contributed by atoms with E-state index in [1.54, 1.807) is 0 Å². The third kappa shape index (κ3) is 6.85. The number of carbonyl (C=O) groups is 2. The van der Waals surface area contributed by atoms with Gasteiger partial charge >= 0.3 is 5.97 Å². The summed E-state index contributed by atoms with van der Waals surface area (Å²) in [6.07, 6.45) is 4.79. The highest BCUT2D eigenvalue weighted by molar-refractivity contribution is 7.90. The second-order valence-corrected chi connectivity index (χ2v) is 9.29. The van der Waals surface area contributed by atoms with Crippen molar-refractivity contribution in [3.63, 3.8) is 0 Å². The quantitative estimate of drug-likeness (QED) is 0.562. The molecule has 0 bridgehead atoms. The van der Waals surface area contributed by atoms with Crippen LogP contribution in [0.5, 0.6) is 0 Å². The lowest BCUT2D eigenvalue weighted by Gasteiger charge is -2.28. The molecule has 1 atom stereocenters. The SMILES string of the molecule is CC1CCC(NS(=O)(=O)CC(=O)NCC(C(=O)O)C2CCOCC2)CC1. The van der Waals surface area contributed by atoms with E-state index in [2.05, 4.69) is 17.0 Å². The van der Waals surface area contributed by atoms with Crippen molar-refractivity contribution in [1.29, 1.82) is 0 Å². The number of amides is 1. The summed E-state index contributed by atoms with van der Waals surface area (Å²) in [7, 11) is -3.72. The Bertz CT molecular complexity index is 580. The summed E-state index contributed by atoms with van der Waals surface area (Å²) in [5, 5.41) is 11.9. The smallest absolute Gasteiger partial charge is 0.308 e. The zero-order valence-corrected chi connectivity index (χ0v) is 16.1. The zero-order valence-electron chi connectivity index (χ0n) is 15.3. The van der Waals surface area contributed by atoms with Crippen LogP contribution in [0.4, 0.5) is 0 Å². The van der Waals surface area contributed by atoms with Crippen molar-refractivity contribution < 1.29 is 27.9 Å². The molecule has 1 aliphatic carbocycles. The summed E-state index contributed by atoms with van der Waals surface area (Å²) in [6, 6.07) is -0.113. The summed E-state index contributed by atoms with van der Waals surface area (Å²) >= 11 is 0. The van der Waals surface area contributed by atoms with Gasteiger partial charge in [0.25, 0.3) is 0 Å². The van der Waals surface area contributed by atoms with Gasteiger partial charge in [-0.05, 0) is 50.4 Å². The summed E-state index contributed by atoms with van der Waals surface area (Å²) in [6.45, 7) is 3.12. The molecular weight excluding hydrogens is 360 g/mol. The number of hydrogen-bond donors (Lipinski definition) is 3. The molecule has 9 heteroatoms. The number of carboxylic acid groups (broad SMARTS) is 1. The van der Waals surface area contributed by atoms with E-state index < -0.39 is 33.6 Å². The fourth-order valence-corrected chi connectivity index (χ4v) is 4.97. The van der Waals surface area contributed by atoms with Gasteiger partial charge < -0.3 is 15.2 Å². The van der Waals surface area contributed by atoms with E-state index in [9.17, 15) is 23.1 Å². The molecule has 0 radical (unpaired) electrons. The van der Waals surface area contributed by atoms with Crippen LogP contribution < -0.4 is 10.0 Å². The van der Waals surface area contributed by atoms with Crippen molar-refractivity contribution >= 4 is 21.9 Å². The topological polar surface area (TPSA) is 122 Å². The van der Waals surface area contributed by atoms with E-state index in [4.69, 9.17) is 4.74 Å². The average molecular weight is 391 g/mol. The predicted molar refractivity (Wildman–Crippen MR) is 96.0 cm³/mol. The van der Waals surface area contributed by atoms with E-state index in [1.165, 1.54) is 0 Å². The number of hydrogen-bond acceptors (Lipinski definition) is 5. The van der Waals surface area contributed by atoms with Crippen molar-refractivity contribution in [3.8, 4) is 0 Å². The molecule has 1 amide bonds. The van der Waals surface area contributed by atoms with Crippen molar-refractivity contribution in [2.24, 2.45) is 17.8 Å². The van der Waals surface area contributed by atoms with E-state index in [0.29, 0.717) is 32.0 Å². The summed E-state index contributed by atoms with van der Waals surface area (Å²) in [5.74, 6) is -2.50. The van der Waals surface area contributed by atoms with Crippen molar-refractivity contribution in [2.75, 3.05) is 25.5 Å². The molecule has 0 aromatic heterocycles. The highest BCUT2D eigenvalue weighted by Crippen LogP contribution is 2.24. The first kappa shape index (κ1) is 21.1. The fourth-order valence-electron chi connectivity index (χ4n) is 3.69. The summed E-state index contributed by atoms with van der Waals surface area (Å²) in [4.78, 5) is 23.5. The summed E-state index contributed by atoms with van der Waals surface area (Å²) < 4.78 is 32.2. The van der Waals surface area contributed by atoms with E-state index in [1.807, 2.05) is 0 Å². The summed E-state index contributed by atoms with van der Waals surface area (Å²) in [5.41, 5.74) is 0. The van der Waals surface area contributed by atoms with Gasteiger partial charge in [-0.2, -0.15) is 0 Å². The van der Waals surface area contributed by atoms with Crippen LogP contribution in [0.3, 0.4) is 0 Å². The van der Waals surface area contributed by atoms with Crippen molar-refractivity contribution in [2.45, 2.75) is 51.5 Å². The molecule has 26 heavy (non-hydrogen) atoms. The van der Waals surface area contributed by atoms with E-state index in [-0.39, 0.29) is 18.5 Å². The Balaban J connectivity index is 1.79. The monoisotopic (exact) mass is 390 g/mol. The second-order valence-electron chi connectivity index (χ2n) is 7.53. The van der Waals surface area contributed by atoms with Gasteiger partial charge in [-0.15, -0.1) is 0 Å². The Morgan fingerprint density at radius 2 is 1.73 bits per heavy atom. The van der Waals surface area contributed by atoms with Crippen LogP contribution in [-0.2, 0) is 24.3 Å². The molecule has 3 N–H and O–H groups in total.